The number of hydrogen-bond acceptors (Lipinski definition) is 6. The Morgan fingerprint density at radius 2 is 1.67 bits per heavy atom. The van der Waals surface area contributed by atoms with Gasteiger partial charge in [0.2, 0.25) is 6.79 Å². The Morgan fingerprint density at radius 1 is 0.879 bits per heavy atom. The van der Waals surface area contributed by atoms with Crippen LogP contribution in [0.15, 0.2) is 54.6 Å². The summed E-state index contributed by atoms with van der Waals surface area (Å²) in [6.45, 7) is 1.96. The van der Waals surface area contributed by atoms with Crippen LogP contribution in [0.3, 0.4) is 0 Å². The minimum Gasteiger partial charge on any atom is -0.454 e. The van der Waals surface area contributed by atoms with Crippen LogP contribution < -0.4 is 14.4 Å². The van der Waals surface area contributed by atoms with Crippen molar-refractivity contribution in [2.45, 2.75) is 6.18 Å². The summed E-state index contributed by atoms with van der Waals surface area (Å²) >= 11 is 0. The third-order valence-corrected chi connectivity index (χ3v) is 5.65. The number of nitrogens with zero attached hydrogens (tertiary/aromatic N) is 4. The van der Waals surface area contributed by atoms with Crippen LogP contribution >= 0.6 is 0 Å². The van der Waals surface area contributed by atoms with E-state index in [2.05, 4.69) is 10.2 Å². The molecule has 33 heavy (non-hydrogen) atoms. The van der Waals surface area contributed by atoms with Crippen molar-refractivity contribution in [2.75, 3.05) is 37.9 Å². The lowest BCUT2D eigenvalue weighted by Gasteiger charge is -2.35. The van der Waals surface area contributed by atoms with Crippen LogP contribution in [0, 0.1) is 0 Å². The first kappa shape index (κ1) is 21.0. The molecule has 7 nitrogen and oxygen atoms in total. The average Bonchev–Trinajstić information content (AvgIpc) is 3.31. The molecule has 5 rings (SSSR count). The van der Waals surface area contributed by atoms with Gasteiger partial charge >= 0.3 is 6.18 Å². The first-order chi connectivity index (χ1) is 15.9. The Kier molecular flexibility index (Phi) is 5.27. The van der Waals surface area contributed by atoms with Gasteiger partial charge in [0.25, 0.3) is 5.91 Å². The zero-order chi connectivity index (χ0) is 23.0. The largest absolute Gasteiger partial charge is 0.454 e. The molecule has 1 fully saturated rings. The molecule has 0 unspecified atom stereocenters. The molecule has 0 atom stereocenters. The van der Waals surface area contributed by atoms with Crippen molar-refractivity contribution in [2.24, 2.45) is 0 Å². The number of amides is 1. The highest BCUT2D eigenvalue weighted by atomic mass is 19.4. The van der Waals surface area contributed by atoms with E-state index < -0.39 is 17.6 Å². The van der Waals surface area contributed by atoms with Crippen LogP contribution in [0.2, 0.25) is 0 Å². The minimum atomic E-state index is -4.49. The minimum absolute atomic E-state index is 0.0335. The topological polar surface area (TPSA) is 67.8 Å². The third kappa shape index (κ3) is 4.28. The summed E-state index contributed by atoms with van der Waals surface area (Å²) in [4.78, 5) is 16.2. The Bertz CT molecular complexity index is 1180. The molecular weight excluding hydrogens is 437 g/mol. The van der Waals surface area contributed by atoms with Crippen molar-refractivity contribution in [1.82, 2.24) is 15.1 Å². The summed E-state index contributed by atoms with van der Waals surface area (Å²) in [6, 6.07) is 13.8. The third-order valence-electron chi connectivity index (χ3n) is 5.65. The molecule has 0 bridgehead atoms. The van der Waals surface area contributed by atoms with E-state index >= 15 is 0 Å². The fourth-order valence-electron chi connectivity index (χ4n) is 3.85. The van der Waals surface area contributed by atoms with E-state index in [-0.39, 0.29) is 12.4 Å². The summed E-state index contributed by atoms with van der Waals surface area (Å²) in [7, 11) is 0. The SMILES string of the molecule is O=C(c1cccc(C(F)(F)F)c1)N1CCN(c2ccc(-c3ccc4c(c3)OCO4)nn2)CC1. The normalized spacial score (nSPS) is 15.6. The molecule has 0 radical (unpaired) electrons. The number of carbonyl (C=O) groups is 1. The van der Waals surface area contributed by atoms with Gasteiger partial charge in [0.05, 0.1) is 11.3 Å². The van der Waals surface area contributed by atoms with Gasteiger partial charge in [-0.15, -0.1) is 10.2 Å². The number of alkyl halides is 3. The molecule has 0 N–H and O–H groups in total. The number of rotatable bonds is 3. The summed E-state index contributed by atoms with van der Waals surface area (Å²) in [5, 5.41) is 8.62. The molecule has 1 amide bonds. The monoisotopic (exact) mass is 456 g/mol. The molecule has 3 aromatic rings. The second-order valence-corrected chi connectivity index (χ2v) is 7.70. The van der Waals surface area contributed by atoms with Crippen LogP contribution in [-0.4, -0.2) is 54.0 Å². The fraction of sp³-hybridized carbons (Fsp3) is 0.261. The predicted octanol–water partition coefficient (Wildman–Crippen LogP) is 3.85. The lowest BCUT2D eigenvalue weighted by atomic mass is 10.1. The van der Waals surface area contributed by atoms with E-state index in [4.69, 9.17) is 9.47 Å². The molecule has 2 aliphatic heterocycles. The van der Waals surface area contributed by atoms with Crippen molar-refractivity contribution in [3.63, 3.8) is 0 Å². The summed E-state index contributed by atoms with van der Waals surface area (Å²) < 4.78 is 49.6. The van der Waals surface area contributed by atoms with Crippen molar-refractivity contribution in [3.05, 3.63) is 65.7 Å². The number of halogens is 3. The molecule has 0 saturated carbocycles. The van der Waals surface area contributed by atoms with Gasteiger partial charge in [-0.2, -0.15) is 13.2 Å². The first-order valence-electron chi connectivity index (χ1n) is 10.3. The second kappa shape index (κ2) is 8.27. The number of fused-ring (bicyclic) bond motifs is 1. The van der Waals surface area contributed by atoms with Gasteiger partial charge in [-0.1, -0.05) is 6.07 Å². The van der Waals surface area contributed by atoms with Crippen LogP contribution in [0.25, 0.3) is 11.3 Å². The first-order valence-corrected chi connectivity index (χ1v) is 10.3. The fourth-order valence-corrected chi connectivity index (χ4v) is 3.85. The maximum atomic E-state index is 13.0. The van der Waals surface area contributed by atoms with Gasteiger partial charge in [-0.25, -0.2) is 0 Å². The highest BCUT2D eigenvalue weighted by Gasteiger charge is 2.32. The maximum Gasteiger partial charge on any atom is 0.416 e. The zero-order valence-electron chi connectivity index (χ0n) is 17.4. The smallest absolute Gasteiger partial charge is 0.416 e. The van der Waals surface area contributed by atoms with Crippen molar-refractivity contribution in [1.29, 1.82) is 0 Å². The van der Waals surface area contributed by atoms with Crippen LogP contribution in [0.4, 0.5) is 19.0 Å². The molecule has 0 aliphatic carbocycles. The zero-order valence-corrected chi connectivity index (χ0v) is 17.4. The Hall–Kier alpha value is -3.82. The molecule has 1 saturated heterocycles. The molecule has 10 heteroatoms. The average molecular weight is 456 g/mol. The quantitative estimate of drug-likeness (QED) is 0.597. The molecule has 170 valence electrons. The van der Waals surface area contributed by atoms with Crippen LogP contribution in [0.1, 0.15) is 15.9 Å². The van der Waals surface area contributed by atoms with Gasteiger partial charge in [0.15, 0.2) is 17.3 Å². The summed E-state index contributed by atoms with van der Waals surface area (Å²) in [5.74, 6) is 1.62. The van der Waals surface area contributed by atoms with Crippen LogP contribution in [0.5, 0.6) is 11.5 Å². The Labute approximate surface area is 187 Å². The highest BCUT2D eigenvalue weighted by Crippen LogP contribution is 2.35. The van der Waals surface area contributed by atoms with E-state index in [0.29, 0.717) is 49.2 Å². The molecule has 3 heterocycles. The van der Waals surface area contributed by atoms with E-state index in [1.807, 2.05) is 35.2 Å². The molecule has 0 spiro atoms. The van der Waals surface area contributed by atoms with Crippen LogP contribution in [-0.2, 0) is 6.18 Å². The molecule has 1 aromatic heterocycles. The van der Waals surface area contributed by atoms with Gasteiger partial charge in [-0.3, -0.25) is 4.79 Å². The number of carbonyl (C=O) groups excluding carboxylic acids is 1. The lowest BCUT2D eigenvalue weighted by Crippen LogP contribution is -2.49. The Balaban J connectivity index is 1.23. The summed E-state index contributed by atoms with van der Waals surface area (Å²) in [6.07, 6.45) is -4.49. The van der Waals surface area contributed by atoms with E-state index in [9.17, 15) is 18.0 Å². The Morgan fingerprint density at radius 3 is 2.39 bits per heavy atom. The van der Waals surface area contributed by atoms with E-state index in [1.165, 1.54) is 12.1 Å². The second-order valence-electron chi connectivity index (χ2n) is 7.70. The van der Waals surface area contributed by atoms with Gasteiger partial charge in [0.1, 0.15) is 0 Å². The number of anilines is 1. The van der Waals surface area contributed by atoms with Gasteiger partial charge in [-0.05, 0) is 48.5 Å². The van der Waals surface area contributed by atoms with Crippen molar-refractivity contribution in [3.8, 4) is 22.8 Å². The summed E-state index contributed by atoms with van der Waals surface area (Å²) in [5.41, 5.74) is 0.751. The number of benzene rings is 2. The number of ether oxygens (including phenoxy) is 2. The maximum absolute atomic E-state index is 13.0. The van der Waals surface area contributed by atoms with Gasteiger partial charge in [0, 0.05) is 37.3 Å². The van der Waals surface area contributed by atoms with Crippen molar-refractivity contribution < 1.29 is 27.4 Å². The highest BCUT2D eigenvalue weighted by molar-refractivity contribution is 5.94. The predicted molar refractivity (Wildman–Crippen MR) is 113 cm³/mol. The molecular formula is C23H19F3N4O3. The number of aromatic nitrogens is 2. The standard InChI is InChI=1S/C23H19F3N4O3/c24-23(25,26)17-3-1-2-16(12-17)22(31)30-10-8-29(9-11-30)21-7-5-18(27-28-21)15-4-6-19-20(13-15)33-14-32-19/h1-7,12-13H,8-11,14H2. The number of piperazine rings is 1. The molecule has 2 aromatic carbocycles. The van der Waals surface area contributed by atoms with E-state index in [1.54, 1.807) is 4.90 Å². The lowest BCUT2D eigenvalue weighted by molar-refractivity contribution is -0.137. The molecule has 2 aliphatic rings. The number of hydrogen-bond donors (Lipinski definition) is 0. The van der Waals surface area contributed by atoms with E-state index in [0.717, 1.165) is 17.7 Å². The van der Waals surface area contributed by atoms with Crippen molar-refractivity contribution >= 4 is 11.7 Å². The van der Waals surface area contributed by atoms with Gasteiger partial charge < -0.3 is 19.3 Å².